The molecule has 5 fully saturated rings. The predicted molar refractivity (Wildman–Crippen MR) is 187 cm³/mol. The number of aliphatic hydroxyl groups excluding tert-OH is 8. The number of nitrogens with one attached hydrogen (secondary N) is 2. The lowest BCUT2D eigenvalue weighted by molar-refractivity contribution is -0.296. The first kappa shape index (κ1) is 44.7. The van der Waals surface area contributed by atoms with Crippen LogP contribution in [0.25, 0.3) is 0 Å². The van der Waals surface area contributed by atoms with E-state index in [1.165, 1.54) is 0 Å². The van der Waals surface area contributed by atoms with E-state index in [4.69, 9.17) is 62.8 Å². The molecule has 23 heteroatoms. The fourth-order valence-corrected chi connectivity index (χ4v) is 7.76. The smallest absolute Gasteiger partial charge is 0.251 e. The van der Waals surface area contributed by atoms with Gasteiger partial charge in [-0.05, 0) is 38.1 Å². The van der Waals surface area contributed by atoms with Gasteiger partial charge >= 0.3 is 0 Å². The molecule has 2 aliphatic carbocycles. The third-order valence-corrected chi connectivity index (χ3v) is 11.2. The average Bonchev–Trinajstić information content (AvgIpc) is 3.44. The van der Waals surface area contributed by atoms with Gasteiger partial charge in [-0.2, -0.15) is 0 Å². The van der Waals surface area contributed by atoms with E-state index < -0.39 is 141 Å². The Morgan fingerprint density at radius 3 is 1.98 bits per heavy atom. The van der Waals surface area contributed by atoms with Crippen LogP contribution < -0.4 is 45.0 Å². The van der Waals surface area contributed by atoms with Crippen molar-refractivity contribution in [1.29, 1.82) is 0 Å². The molecule has 3 saturated heterocycles. The van der Waals surface area contributed by atoms with E-state index >= 15 is 0 Å². The molecule has 3 aliphatic heterocycles. The zero-order chi connectivity index (χ0) is 40.3. The second-order valence-corrected chi connectivity index (χ2v) is 15.4. The maximum absolute atomic E-state index is 12.8. The standard InChI is InChI=1S/C32H62N8O15/c33-5-16(43)22(45)29(49)40-14-3-12(36)26(53-30-13(37)4-15(42)18(51-30)8-39-7-10-1-11(35)2-10)28(21(14)44)55-32-25(48)27(19(9-41)52-32)54-31-20(38)24(47)23(46)17(6-34)50-31/h10-28,30-32,39,41-48H,1-9,33-38H2,(H,40,49)/t10?,11?,12-,13+,14+,15-,16-,17-,18+,19+,20+,21-,22-,23+,24+,25+,26+,27+,28+,30+,31+,32-/m0/s1. The van der Waals surface area contributed by atoms with E-state index in [1.807, 2.05) is 0 Å². The van der Waals surface area contributed by atoms with Crippen molar-refractivity contribution in [3.8, 4) is 0 Å². The quantitative estimate of drug-likeness (QED) is 0.0689. The monoisotopic (exact) mass is 798 g/mol. The zero-order valence-electron chi connectivity index (χ0n) is 30.5. The van der Waals surface area contributed by atoms with E-state index in [2.05, 4.69) is 10.6 Å². The molecule has 22 N–H and O–H groups in total. The van der Waals surface area contributed by atoms with Crippen LogP contribution in [0.1, 0.15) is 25.7 Å². The molecule has 23 nitrogen and oxygen atoms in total. The summed E-state index contributed by atoms with van der Waals surface area (Å²) in [4.78, 5) is 12.8. The van der Waals surface area contributed by atoms with Crippen LogP contribution in [0, 0.1) is 5.92 Å². The number of hydrogen-bond donors (Lipinski definition) is 16. The highest BCUT2D eigenvalue weighted by Crippen LogP contribution is 2.35. The van der Waals surface area contributed by atoms with Crippen molar-refractivity contribution < 1.29 is 74.1 Å². The third-order valence-electron chi connectivity index (χ3n) is 11.2. The molecule has 5 aliphatic rings. The molecule has 2 saturated carbocycles. The molecule has 0 bridgehead atoms. The molecule has 0 spiro atoms. The molecule has 20 atom stereocenters. The van der Waals surface area contributed by atoms with Crippen LogP contribution in [0.2, 0.25) is 0 Å². The summed E-state index contributed by atoms with van der Waals surface area (Å²) < 4.78 is 35.9. The maximum Gasteiger partial charge on any atom is 0.251 e. The Morgan fingerprint density at radius 1 is 0.709 bits per heavy atom. The number of carbonyl (C=O) groups is 1. The van der Waals surface area contributed by atoms with Gasteiger partial charge in [0, 0.05) is 31.7 Å². The minimum Gasteiger partial charge on any atom is -0.394 e. The summed E-state index contributed by atoms with van der Waals surface area (Å²) in [6, 6.07) is -4.22. The summed E-state index contributed by atoms with van der Waals surface area (Å²) in [6.07, 6.45) is -20.6. The number of rotatable bonds is 16. The van der Waals surface area contributed by atoms with Gasteiger partial charge in [0.1, 0.15) is 61.0 Å². The molecule has 0 aromatic heterocycles. The molecular weight excluding hydrogens is 736 g/mol. The summed E-state index contributed by atoms with van der Waals surface area (Å²) in [7, 11) is 0. The Labute approximate surface area is 317 Å². The molecule has 5 rings (SSSR count). The van der Waals surface area contributed by atoms with E-state index in [0.29, 0.717) is 12.5 Å². The van der Waals surface area contributed by atoms with Crippen molar-refractivity contribution >= 4 is 5.91 Å². The number of nitrogens with two attached hydrogens (primary N) is 6. The SMILES string of the molecule is NC[C@@H]1O[C@H](O[C@H]2[C@@H](O)[C@H](O[C@@H]3[C@@H](O)[C@H](NC(=O)[C@@H](O)[C@@H](O)CN)C[C@H](N)[C@H]3O[C@H]3O[C@H](CNCC4CC(N)C4)[C@@H](O)C[C@H]3N)O[C@@H]2CO)[C@H](N)[C@@H](O)[C@@H]1O. The van der Waals surface area contributed by atoms with Crippen LogP contribution in [-0.4, -0.2) is 208 Å². The van der Waals surface area contributed by atoms with Gasteiger partial charge in [-0.25, -0.2) is 0 Å². The highest BCUT2D eigenvalue weighted by atomic mass is 16.8. The molecule has 0 radical (unpaired) electrons. The van der Waals surface area contributed by atoms with Gasteiger partial charge in [-0.1, -0.05) is 0 Å². The molecular formula is C32H62N8O15. The van der Waals surface area contributed by atoms with Gasteiger partial charge in [0.25, 0.3) is 5.91 Å². The van der Waals surface area contributed by atoms with Crippen molar-refractivity contribution in [3.63, 3.8) is 0 Å². The Bertz CT molecular complexity index is 1220. The van der Waals surface area contributed by atoms with Crippen LogP contribution in [0.15, 0.2) is 0 Å². The molecule has 0 aromatic rings. The second-order valence-electron chi connectivity index (χ2n) is 15.4. The molecule has 0 aromatic carbocycles. The zero-order valence-corrected chi connectivity index (χ0v) is 30.5. The van der Waals surface area contributed by atoms with Crippen molar-refractivity contribution in [2.24, 2.45) is 40.3 Å². The van der Waals surface area contributed by atoms with E-state index in [1.54, 1.807) is 0 Å². The van der Waals surface area contributed by atoms with Crippen molar-refractivity contribution in [1.82, 2.24) is 10.6 Å². The van der Waals surface area contributed by atoms with Crippen LogP contribution in [0.3, 0.4) is 0 Å². The lowest BCUT2D eigenvalue weighted by Gasteiger charge is -2.47. The van der Waals surface area contributed by atoms with Crippen LogP contribution in [-0.2, 0) is 33.2 Å². The molecule has 55 heavy (non-hydrogen) atoms. The number of amides is 1. The Kier molecular flexibility index (Phi) is 15.9. The van der Waals surface area contributed by atoms with Gasteiger partial charge in [-0.15, -0.1) is 0 Å². The van der Waals surface area contributed by atoms with Crippen molar-refractivity contribution in [2.75, 3.05) is 32.8 Å². The van der Waals surface area contributed by atoms with Gasteiger partial charge in [0.05, 0.1) is 36.9 Å². The fourth-order valence-electron chi connectivity index (χ4n) is 7.76. The topological polar surface area (TPSA) is 414 Å². The minimum absolute atomic E-state index is 0.0884. The van der Waals surface area contributed by atoms with Crippen molar-refractivity contribution in [3.05, 3.63) is 0 Å². The fraction of sp³-hybridized carbons (Fsp3) is 0.969. The average molecular weight is 799 g/mol. The molecule has 320 valence electrons. The number of carbonyl (C=O) groups excluding carboxylic acids is 1. The largest absolute Gasteiger partial charge is 0.394 e. The van der Waals surface area contributed by atoms with Crippen LogP contribution in [0.4, 0.5) is 0 Å². The van der Waals surface area contributed by atoms with Gasteiger partial charge in [0.2, 0.25) is 0 Å². The third kappa shape index (κ3) is 10.3. The Hall–Kier alpha value is -1.37. The Balaban J connectivity index is 1.32. The first-order valence-electron chi connectivity index (χ1n) is 18.8. The summed E-state index contributed by atoms with van der Waals surface area (Å²) in [5.41, 5.74) is 35.9. The van der Waals surface area contributed by atoms with E-state index in [-0.39, 0.29) is 32.0 Å². The highest BCUT2D eigenvalue weighted by molar-refractivity contribution is 5.81. The lowest BCUT2D eigenvalue weighted by atomic mass is 9.81. The van der Waals surface area contributed by atoms with E-state index in [9.17, 15) is 45.6 Å². The van der Waals surface area contributed by atoms with E-state index in [0.717, 1.165) is 12.8 Å². The normalized spacial score (nSPS) is 47.5. The lowest BCUT2D eigenvalue weighted by Crippen LogP contribution is -2.67. The summed E-state index contributed by atoms with van der Waals surface area (Å²) in [6.45, 7) is -0.398. The number of aliphatic hydroxyl groups is 8. The Morgan fingerprint density at radius 2 is 1.35 bits per heavy atom. The number of hydrogen-bond acceptors (Lipinski definition) is 22. The van der Waals surface area contributed by atoms with Gasteiger partial charge < -0.3 is 114 Å². The predicted octanol–water partition coefficient (Wildman–Crippen LogP) is -9.66. The first-order chi connectivity index (χ1) is 26.1. The van der Waals surface area contributed by atoms with Gasteiger partial charge in [0.15, 0.2) is 25.0 Å². The first-order valence-corrected chi connectivity index (χ1v) is 18.8. The summed E-state index contributed by atoms with van der Waals surface area (Å²) in [5, 5.41) is 90.7. The van der Waals surface area contributed by atoms with Gasteiger partial charge in [-0.3, -0.25) is 4.79 Å². The molecule has 3 heterocycles. The highest BCUT2D eigenvalue weighted by Gasteiger charge is 2.54. The number of ether oxygens (including phenoxy) is 6. The summed E-state index contributed by atoms with van der Waals surface area (Å²) >= 11 is 0. The second kappa shape index (κ2) is 19.6. The maximum atomic E-state index is 12.8. The molecule has 0 unspecified atom stereocenters. The summed E-state index contributed by atoms with van der Waals surface area (Å²) in [5.74, 6) is -0.647. The molecule has 1 amide bonds. The van der Waals surface area contributed by atoms with Crippen LogP contribution >= 0.6 is 0 Å². The van der Waals surface area contributed by atoms with Crippen molar-refractivity contribution in [2.45, 2.75) is 154 Å². The van der Waals surface area contributed by atoms with Crippen LogP contribution in [0.5, 0.6) is 0 Å². The minimum atomic E-state index is -1.94.